The van der Waals surface area contributed by atoms with Crippen LogP contribution in [0.5, 0.6) is 0 Å². The van der Waals surface area contributed by atoms with Crippen LogP contribution in [-0.4, -0.2) is 48.0 Å². The number of anilines is 2. The SMILES string of the molecule is C#C[C@H]1O[C@@H](n2cnc3c(Nc4ccc(Cl)cc4C)ncnc32)[C@H](O)[C@@H]1O. The molecule has 1 aliphatic heterocycles. The van der Waals surface area contributed by atoms with Crippen LogP contribution in [-0.2, 0) is 4.74 Å². The number of aliphatic hydroxyl groups excluding tert-OH is 2. The highest BCUT2D eigenvalue weighted by Crippen LogP contribution is 2.32. The molecule has 0 radical (unpaired) electrons. The lowest BCUT2D eigenvalue weighted by molar-refractivity contribution is -0.0230. The second-order valence-corrected chi connectivity index (χ2v) is 6.66. The number of hydrogen-bond donors (Lipinski definition) is 3. The summed E-state index contributed by atoms with van der Waals surface area (Å²) in [6.45, 7) is 1.93. The van der Waals surface area contributed by atoms with E-state index in [1.807, 2.05) is 19.1 Å². The highest BCUT2D eigenvalue weighted by Gasteiger charge is 2.43. The minimum absolute atomic E-state index is 0.438. The third-order valence-electron chi connectivity index (χ3n) is 4.48. The fourth-order valence-electron chi connectivity index (χ4n) is 3.05. The number of rotatable bonds is 3. The van der Waals surface area contributed by atoms with Crippen molar-refractivity contribution in [2.45, 2.75) is 31.5 Å². The summed E-state index contributed by atoms with van der Waals surface area (Å²) in [6, 6.07) is 5.46. The molecule has 1 aromatic carbocycles. The first-order chi connectivity index (χ1) is 13.0. The number of nitrogens with zero attached hydrogens (tertiary/aromatic N) is 4. The maximum atomic E-state index is 10.3. The van der Waals surface area contributed by atoms with E-state index < -0.39 is 24.5 Å². The average molecular weight is 386 g/mol. The molecule has 0 spiro atoms. The van der Waals surface area contributed by atoms with Gasteiger partial charge in [0.25, 0.3) is 0 Å². The van der Waals surface area contributed by atoms with Crippen molar-refractivity contribution in [3.63, 3.8) is 0 Å². The Morgan fingerprint density at radius 3 is 2.78 bits per heavy atom. The quantitative estimate of drug-likeness (QED) is 0.590. The van der Waals surface area contributed by atoms with Gasteiger partial charge in [0.15, 0.2) is 23.2 Å². The molecule has 2 aromatic heterocycles. The summed E-state index contributed by atoms with van der Waals surface area (Å²) in [5.74, 6) is 2.81. The first-order valence-electron chi connectivity index (χ1n) is 8.18. The number of aryl methyl sites for hydroxylation is 1. The molecule has 3 aromatic rings. The van der Waals surface area contributed by atoms with Crippen LogP contribution in [0, 0.1) is 19.3 Å². The predicted molar refractivity (Wildman–Crippen MR) is 99.6 cm³/mol. The van der Waals surface area contributed by atoms with Crippen molar-refractivity contribution >= 4 is 34.3 Å². The van der Waals surface area contributed by atoms with E-state index in [1.165, 1.54) is 17.2 Å². The number of benzene rings is 1. The zero-order chi connectivity index (χ0) is 19.1. The zero-order valence-corrected chi connectivity index (χ0v) is 15.0. The minimum Gasteiger partial charge on any atom is -0.386 e. The van der Waals surface area contributed by atoms with Gasteiger partial charge in [0.2, 0.25) is 0 Å². The Bertz CT molecular complexity index is 1050. The van der Waals surface area contributed by atoms with Crippen molar-refractivity contribution in [1.29, 1.82) is 0 Å². The van der Waals surface area contributed by atoms with E-state index in [-0.39, 0.29) is 0 Å². The number of fused-ring (bicyclic) bond motifs is 1. The van der Waals surface area contributed by atoms with E-state index in [0.29, 0.717) is 22.0 Å². The Kier molecular flexibility index (Phi) is 4.45. The average Bonchev–Trinajstić information content (AvgIpc) is 3.20. The van der Waals surface area contributed by atoms with E-state index in [4.69, 9.17) is 22.8 Å². The van der Waals surface area contributed by atoms with Crippen LogP contribution in [0.4, 0.5) is 11.5 Å². The summed E-state index contributed by atoms with van der Waals surface area (Å²) in [7, 11) is 0. The molecular formula is C18H16ClN5O3. The van der Waals surface area contributed by atoms with Crippen molar-refractivity contribution in [1.82, 2.24) is 19.5 Å². The van der Waals surface area contributed by atoms with Gasteiger partial charge in [-0.3, -0.25) is 4.57 Å². The number of terminal acetylenes is 1. The van der Waals surface area contributed by atoms with Crippen LogP contribution < -0.4 is 5.32 Å². The number of hydrogen-bond acceptors (Lipinski definition) is 7. The lowest BCUT2D eigenvalue weighted by Gasteiger charge is -2.16. The van der Waals surface area contributed by atoms with Crippen LogP contribution in [0.3, 0.4) is 0 Å². The number of nitrogens with one attached hydrogen (secondary N) is 1. The molecule has 1 fully saturated rings. The lowest BCUT2D eigenvalue weighted by Crippen LogP contribution is -2.30. The number of aliphatic hydroxyl groups is 2. The van der Waals surface area contributed by atoms with E-state index in [2.05, 4.69) is 26.2 Å². The molecule has 3 heterocycles. The van der Waals surface area contributed by atoms with Gasteiger partial charge in [-0.15, -0.1) is 6.42 Å². The van der Waals surface area contributed by atoms with Gasteiger partial charge < -0.3 is 20.3 Å². The summed E-state index contributed by atoms with van der Waals surface area (Å²) in [5, 5.41) is 24.1. The molecule has 1 aliphatic rings. The lowest BCUT2D eigenvalue weighted by atomic mass is 10.1. The first-order valence-corrected chi connectivity index (χ1v) is 8.56. The van der Waals surface area contributed by atoms with Gasteiger partial charge in [-0.25, -0.2) is 15.0 Å². The minimum atomic E-state index is -1.20. The zero-order valence-electron chi connectivity index (χ0n) is 14.2. The van der Waals surface area contributed by atoms with E-state index in [9.17, 15) is 10.2 Å². The number of ether oxygens (including phenoxy) is 1. The van der Waals surface area contributed by atoms with Gasteiger partial charge in [-0.05, 0) is 30.7 Å². The van der Waals surface area contributed by atoms with Crippen LogP contribution in [0.25, 0.3) is 11.2 Å². The highest BCUT2D eigenvalue weighted by atomic mass is 35.5. The number of aromatic nitrogens is 4. The van der Waals surface area contributed by atoms with Crippen molar-refractivity contribution in [3.05, 3.63) is 41.4 Å². The Balaban J connectivity index is 1.71. The Hall–Kier alpha value is -2.70. The smallest absolute Gasteiger partial charge is 0.167 e. The van der Waals surface area contributed by atoms with Crippen molar-refractivity contribution in [2.75, 3.05) is 5.32 Å². The molecule has 0 bridgehead atoms. The Morgan fingerprint density at radius 2 is 2.07 bits per heavy atom. The summed E-state index contributed by atoms with van der Waals surface area (Å²) >= 11 is 6.00. The van der Waals surface area contributed by atoms with E-state index in [1.54, 1.807) is 6.07 Å². The van der Waals surface area contributed by atoms with Gasteiger partial charge in [0.1, 0.15) is 24.6 Å². The predicted octanol–water partition coefficient (Wildman–Crippen LogP) is 1.78. The third-order valence-corrected chi connectivity index (χ3v) is 4.71. The van der Waals surface area contributed by atoms with Crippen molar-refractivity contribution < 1.29 is 14.9 Å². The van der Waals surface area contributed by atoms with Crippen LogP contribution in [0.2, 0.25) is 5.02 Å². The summed E-state index contributed by atoms with van der Waals surface area (Å²) in [6.07, 6.45) is 4.00. The number of imidazole rings is 1. The Labute approximate surface area is 159 Å². The third kappa shape index (κ3) is 3.01. The molecule has 4 rings (SSSR count). The van der Waals surface area contributed by atoms with Crippen molar-refractivity contribution in [2.24, 2.45) is 0 Å². The molecule has 3 N–H and O–H groups in total. The van der Waals surface area contributed by atoms with Gasteiger partial charge >= 0.3 is 0 Å². The van der Waals surface area contributed by atoms with Gasteiger partial charge in [-0.1, -0.05) is 17.5 Å². The topological polar surface area (TPSA) is 105 Å². The molecule has 138 valence electrons. The van der Waals surface area contributed by atoms with Gasteiger partial charge in [0.05, 0.1) is 6.33 Å². The van der Waals surface area contributed by atoms with Crippen LogP contribution in [0.15, 0.2) is 30.9 Å². The Morgan fingerprint density at radius 1 is 1.26 bits per heavy atom. The van der Waals surface area contributed by atoms with Crippen LogP contribution >= 0.6 is 11.6 Å². The molecule has 8 nitrogen and oxygen atoms in total. The second kappa shape index (κ2) is 6.79. The summed E-state index contributed by atoms with van der Waals surface area (Å²) in [4.78, 5) is 12.8. The summed E-state index contributed by atoms with van der Waals surface area (Å²) in [5.41, 5.74) is 2.70. The van der Waals surface area contributed by atoms with Gasteiger partial charge in [0, 0.05) is 10.7 Å². The molecule has 0 amide bonds. The maximum Gasteiger partial charge on any atom is 0.167 e. The standard InChI is InChI=1S/C18H16ClN5O3/c1-3-12-14(25)15(26)18(27-12)24-8-22-13-16(20-7-21-17(13)24)23-11-5-4-10(19)6-9(11)2/h1,4-8,12,14-15,18,25-26H,2H3,(H,20,21,23)/t12-,14-,15-,18-/m1/s1. The molecule has 4 atom stereocenters. The molecule has 9 heteroatoms. The highest BCUT2D eigenvalue weighted by molar-refractivity contribution is 6.30. The molecule has 27 heavy (non-hydrogen) atoms. The fourth-order valence-corrected chi connectivity index (χ4v) is 3.28. The van der Waals surface area contributed by atoms with Gasteiger partial charge in [-0.2, -0.15) is 0 Å². The maximum absolute atomic E-state index is 10.3. The van der Waals surface area contributed by atoms with Crippen LogP contribution in [0.1, 0.15) is 11.8 Å². The molecule has 0 unspecified atom stereocenters. The first kappa shape index (κ1) is 17.7. The largest absolute Gasteiger partial charge is 0.386 e. The van der Waals surface area contributed by atoms with Crippen molar-refractivity contribution in [3.8, 4) is 12.3 Å². The molecule has 0 aliphatic carbocycles. The van der Waals surface area contributed by atoms with E-state index in [0.717, 1.165) is 11.3 Å². The normalized spacial score (nSPS) is 24.9. The second-order valence-electron chi connectivity index (χ2n) is 6.23. The van der Waals surface area contributed by atoms with E-state index >= 15 is 0 Å². The fraction of sp³-hybridized carbons (Fsp3) is 0.278. The number of halogens is 1. The monoisotopic (exact) mass is 385 g/mol. The summed E-state index contributed by atoms with van der Waals surface area (Å²) < 4.78 is 7.10. The molecular weight excluding hydrogens is 370 g/mol. The molecule has 0 saturated carbocycles. The molecule has 1 saturated heterocycles.